The van der Waals surface area contributed by atoms with E-state index < -0.39 is 0 Å². The van der Waals surface area contributed by atoms with Gasteiger partial charge in [-0.3, -0.25) is 14.9 Å². The molecule has 1 amide bonds. The van der Waals surface area contributed by atoms with Gasteiger partial charge in [0.05, 0.1) is 23.5 Å². The van der Waals surface area contributed by atoms with Crippen LogP contribution in [0.15, 0.2) is 48.7 Å². The molecule has 0 radical (unpaired) electrons. The van der Waals surface area contributed by atoms with Gasteiger partial charge in [0, 0.05) is 17.9 Å². The molecular formula is C21H22N4O. The summed E-state index contributed by atoms with van der Waals surface area (Å²) in [5.74, 6) is 0.0308. The molecule has 1 aliphatic rings. The van der Waals surface area contributed by atoms with Crippen LogP contribution >= 0.6 is 0 Å². The normalized spacial score (nSPS) is 16.8. The van der Waals surface area contributed by atoms with Crippen LogP contribution in [0.25, 0.3) is 11.1 Å². The van der Waals surface area contributed by atoms with E-state index >= 15 is 0 Å². The SMILES string of the molecule is Cc1cc(-c2ccccc2)cc([C@@H]2CCCN2C(=O)c2cn[nH]c2C)n1. The summed E-state index contributed by atoms with van der Waals surface area (Å²) in [6, 6.07) is 14.5. The van der Waals surface area contributed by atoms with Crippen LogP contribution in [0, 0.1) is 13.8 Å². The van der Waals surface area contributed by atoms with Gasteiger partial charge in [0.25, 0.3) is 5.91 Å². The van der Waals surface area contributed by atoms with Gasteiger partial charge in [-0.15, -0.1) is 0 Å². The maximum absolute atomic E-state index is 13.0. The summed E-state index contributed by atoms with van der Waals surface area (Å²) in [5, 5.41) is 6.85. The molecule has 1 aromatic carbocycles. The number of benzene rings is 1. The second-order valence-electron chi connectivity index (χ2n) is 6.85. The van der Waals surface area contributed by atoms with Crippen molar-refractivity contribution in [3.8, 4) is 11.1 Å². The second kappa shape index (κ2) is 6.75. The molecule has 5 nitrogen and oxygen atoms in total. The molecule has 1 fully saturated rings. The highest BCUT2D eigenvalue weighted by molar-refractivity contribution is 5.95. The van der Waals surface area contributed by atoms with Crippen LogP contribution in [0.1, 0.15) is 46.3 Å². The number of H-pyrrole nitrogens is 1. The first-order chi connectivity index (χ1) is 12.6. The van der Waals surface area contributed by atoms with E-state index in [9.17, 15) is 4.79 Å². The number of aromatic nitrogens is 3. The Morgan fingerprint density at radius 3 is 2.69 bits per heavy atom. The van der Waals surface area contributed by atoms with Crippen molar-refractivity contribution in [1.82, 2.24) is 20.1 Å². The quantitative estimate of drug-likeness (QED) is 0.778. The monoisotopic (exact) mass is 346 g/mol. The summed E-state index contributed by atoms with van der Waals surface area (Å²) < 4.78 is 0. The van der Waals surface area contributed by atoms with E-state index in [1.165, 1.54) is 5.56 Å². The van der Waals surface area contributed by atoms with Crippen molar-refractivity contribution in [1.29, 1.82) is 0 Å². The lowest BCUT2D eigenvalue weighted by Gasteiger charge is -2.25. The number of carbonyl (C=O) groups excluding carboxylic acids is 1. The molecule has 132 valence electrons. The van der Waals surface area contributed by atoms with Gasteiger partial charge in [-0.25, -0.2) is 0 Å². The van der Waals surface area contributed by atoms with Crippen molar-refractivity contribution >= 4 is 5.91 Å². The predicted molar refractivity (Wildman–Crippen MR) is 101 cm³/mol. The van der Waals surface area contributed by atoms with Crippen molar-refractivity contribution < 1.29 is 4.79 Å². The highest BCUT2D eigenvalue weighted by Crippen LogP contribution is 2.34. The summed E-state index contributed by atoms with van der Waals surface area (Å²) in [7, 11) is 0. The number of hydrogen-bond acceptors (Lipinski definition) is 3. The van der Waals surface area contributed by atoms with Crippen LogP contribution < -0.4 is 0 Å². The number of amides is 1. The van der Waals surface area contributed by atoms with Gasteiger partial charge in [0.2, 0.25) is 0 Å². The third-order valence-corrected chi connectivity index (χ3v) is 5.00. The van der Waals surface area contributed by atoms with E-state index in [0.717, 1.165) is 42.0 Å². The minimum absolute atomic E-state index is 0.0131. The Bertz CT molecular complexity index is 932. The van der Waals surface area contributed by atoms with Crippen molar-refractivity contribution in [2.75, 3.05) is 6.54 Å². The number of aryl methyl sites for hydroxylation is 2. The first kappa shape index (κ1) is 16.5. The average molecular weight is 346 g/mol. The Kier molecular flexibility index (Phi) is 4.29. The maximum atomic E-state index is 13.0. The number of nitrogens with zero attached hydrogens (tertiary/aromatic N) is 3. The Morgan fingerprint density at radius 2 is 1.96 bits per heavy atom. The fourth-order valence-corrected chi connectivity index (χ4v) is 3.70. The number of rotatable bonds is 3. The molecule has 26 heavy (non-hydrogen) atoms. The second-order valence-corrected chi connectivity index (χ2v) is 6.85. The van der Waals surface area contributed by atoms with Crippen LogP contribution in [0.3, 0.4) is 0 Å². The molecule has 1 aliphatic heterocycles. The number of likely N-dealkylation sites (tertiary alicyclic amines) is 1. The third kappa shape index (κ3) is 3.01. The standard InChI is InChI=1S/C21H22N4O/c1-14-11-17(16-7-4-3-5-8-16)12-19(23-14)20-9-6-10-25(20)21(26)18-13-22-24-15(18)2/h3-5,7-8,11-13,20H,6,9-10H2,1-2H3,(H,22,24)/t20-/m0/s1. The molecule has 2 aromatic heterocycles. The van der Waals surface area contributed by atoms with Gasteiger partial charge in [-0.1, -0.05) is 30.3 Å². The molecule has 1 atom stereocenters. The Morgan fingerprint density at radius 1 is 1.15 bits per heavy atom. The van der Waals surface area contributed by atoms with E-state index in [-0.39, 0.29) is 11.9 Å². The van der Waals surface area contributed by atoms with Crippen LogP contribution in [-0.4, -0.2) is 32.5 Å². The number of aromatic amines is 1. The molecule has 4 rings (SSSR count). The van der Waals surface area contributed by atoms with Crippen LogP contribution in [0.4, 0.5) is 0 Å². The van der Waals surface area contributed by atoms with E-state index in [0.29, 0.717) is 5.56 Å². The molecule has 3 aromatic rings. The zero-order chi connectivity index (χ0) is 18.1. The first-order valence-electron chi connectivity index (χ1n) is 8.98. The number of nitrogens with one attached hydrogen (secondary N) is 1. The minimum atomic E-state index is 0.0131. The van der Waals surface area contributed by atoms with Gasteiger partial charge in [0.15, 0.2) is 0 Å². The lowest BCUT2D eigenvalue weighted by atomic mass is 10.0. The molecule has 1 saturated heterocycles. The molecule has 0 unspecified atom stereocenters. The van der Waals surface area contributed by atoms with Gasteiger partial charge in [-0.05, 0) is 49.9 Å². The fraction of sp³-hybridized carbons (Fsp3) is 0.286. The van der Waals surface area contributed by atoms with E-state index in [1.54, 1.807) is 6.20 Å². The summed E-state index contributed by atoms with van der Waals surface area (Å²) in [6.45, 7) is 4.64. The van der Waals surface area contributed by atoms with Crippen molar-refractivity contribution in [2.24, 2.45) is 0 Å². The largest absolute Gasteiger partial charge is 0.330 e. The summed E-state index contributed by atoms with van der Waals surface area (Å²) in [5.41, 5.74) is 5.71. The van der Waals surface area contributed by atoms with Crippen molar-refractivity contribution in [2.45, 2.75) is 32.7 Å². The minimum Gasteiger partial charge on any atom is -0.330 e. The van der Waals surface area contributed by atoms with Crippen LogP contribution in [-0.2, 0) is 0 Å². The third-order valence-electron chi connectivity index (χ3n) is 5.00. The first-order valence-corrected chi connectivity index (χ1v) is 8.98. The smallest absolute Gasteiger partial charge is 0.257 e. The molecule has 1 N–H and O–H groups in total. The number of carbonyl (C=O) groups is 1. The van der Waals surface area contributed by atoms with Gasteiger partial charge < -0.3 is 4.90 Å². The topological polar surface area (TPSA) is 61.9 Å². The molecular weight excluding hydrogens is 324 g/mol. The summed E-state index contributed by atoms with van der Waals surface area (Å²) in [4.78, 5) is 19.7. The number of pyridine rings is 1. The zero-order valence-corrected chi connectivity index (χ0v) is 15.1. The highest BCUT2D eigenvalue weighted by atomic mass is 16.2. The van der Waals surface area contributed by atoms with Crippen LogP contribution in [0.2, 0.25) is 0 Å². The lowest BCUT2D eigenvalue weighted by Crippen LogP contribution is -2.31. The predicted octanol–water partition coefficient (Wildman–Crippen LogP) is 4.07. The van der Waals surface area contributed by atoms with E-state index in [2.05, 4.69) is 34.5 Å². The summed E-state index contributed by atoms with van der Waals surface area (Å²) >= 11 is 0. The van der Waals surface area contributed by atoms with Gasteiger partial charge in [-0.2, -0.15) is 5.10 Å². The molecule has 0 saturated carbocycles. The van der Waals surface area contributed by atoms with Crippen LogP contribution in [0.5, 0.6) is 0 Å². The van der Waals surface area contributed by atoms with E-state index in [4.69, 9.17) is 4.98 Å². The molecule has 3 heterocycles. The maximum Gasteiger partial charge on any atom is 0.257 e. The number of hydrogen-bond donors (Lipinski definition) is 1. The summed E-state index contributed by atoms with van der Waals surface area (Å²) in [6.07, 6.45) is 3.54. The molecule has 5 heteroatoms. The van der Waals surface area contributed by atoms with Gasteiger partial charge >= 0.3 is 0 Å². The fourth-order valence-electron chi connectivity index (χ4n) is 3.70. The molecule has 0 spiro atoms. The molecule has 0 bridgehead atoms. The van der Waals surface area contributed by atoms with Gasteiger partial charge in [0.1, 0.15) is 0 Å². The Labute approximate surface area is 153 Å². The van der Waals surface area contributed by atoms with Crippen molar-refractivity contribution in [3.05, 3.63) is 71.3 Å². The average Bonchev–Trinajstić information content (AvgIpc) is 3.30. The molecule has 0 aliphatic carbocycles. The van der Waals surface area contributed by atoms with Crippen molar-refractivity contribution in [3.63, 3.8) is 0 Å². The Hall–Kier alpha value is -2.95. The highest BCUT2D eigenvalue weighted by Gasteiger charge is 2.32. The zero-order valence-electron chi connectivity index (χ0n) is 15.1. The lowest BCUT2D eigenvalue weighted by molar-refractivity contribution is 0.0732. The Balaban J connectivity index is 1.69. The van der Waals surface area contributed by atoms with E-state index in [1.807, 2.05) is 36.9 Å².